The Morgan fingerprint density at radius 2 is 2.00 bits per heavy atom. The van der Waals surface area contributed by atoms with E-state index in [9.17, 15) is 9.59 Å². The van der Waals surface area contributed by atoms with Gasteiger partial charge in [-0.15, -0.1) is 0 Å². The molecule has 0 aromatic heterocycles. The van der Waals surface area contributed by atoms with Gasteiger partial charge in [0.05, 0.1) is 18.2 Å². The smallest absolute Gasteiger partial charge is 0.338 e. The molecule has 1 aliphatic rings. The lowest BCUT2D eigenvalue weighted by molar-refractivity contribution is -0.140. The van der Waals surface area contributed by atoms with E-state index in [1.54, 1.807) is 18.9 Å². The van der Waals surface area contributed by atoms with Crippen LogP contribution in [-0.4, -0.2) is 43.3 Å². The summed E-state index contributed by atoms with van der Waals surface area (Å²) in [6, 6.07) is 6.60. The molecule has 0 spiro atoms. The van der Waals surface area contributed by atoms with Crippen molar-refractivity contribution in [2.75, 3.05) is 20.3 Å². The SMILES string of the molecule is COCCOC(=O)C1=C(C)N(C(C)C)C(=O)N[C@H]1c1ccccc1Br. The van der Waals surface area contributed by atoms with Crippen LogP contribution in [0.3, 0.4) is 0 Å². The van der Waals surface area contributed by atoms with Gasteiger partial charge >= 0.3 is 12.0 Å². The van der Waals surface area contributed by atoms with E-state index >= 15 is 0 Å². The van der Waals surface area contributed by atoms with Crippen molar-refractivity contribution in [3.05, 3.63) is 45.6 Å². The maximum absolute atomic E-state index is 12.7. The number of esters is 1. The van der Waals surface area contributed by atoms with Crippen LogP contribution in [-0.2, 0) is 14.3 Å². The zero-order chi connectivity index (χ0) is 18.6. The minimum absolute atomic E-state index is 0.0815. The highest BCUT2D eigenvalue weighted by Crippen LogP contribution is 2.35. The highest BCUT2D eigenvalue weighted by Gasteiger charge is 2.38. The van der Waals surface area contributed by atoms with Gasteiger partial charge in [0.2, 0.25) is 0 Å². The topological polar surface area (TPSA) is 67.9 Å². The number of allylic oxidation sites excluding steroid dienone is 1. The summed E-state index contributed by atoms with van der Waals surface area (Å²) in [5, 5.41) is 2.92. The molecule has 1 heterocycles. The van der Waals surface area contributed by atoms with E-state index in [4.69, 9.17) is 9.47 Å². The number of nitrogens with one attached hydrogen (secondary N) is 1. The van der Waals surface area contributed by atoms with E-state index in [0.29, 0.717) is 17.9 Å². The molecule has 1 aliphatic heterocycles. The summed E-state index contributed by atoms with van der Waals surface area (Å²) in [6.45, 7) is 6.05. The zero-order valence-corrected chi connectivity index (χ0v) is 16.4. The summed E-state index contributed by atoms with van der Waals surface area (Å²) >= 11 is 3.50. The fraction of sp³-hybridized carbons (Fsp3) is 0.444. The molecule has 0 radical (unpaired) electrons. The van der Waals surface area contributed by atoms with Crippen LogP contribution in [0.15, 0.2) is 40.0 Å². The van der Waals surface area contributed by atoms with Crippen molar-refractivity contribution in [1.82, 2.24) is 10.2 Å². The summed E-state index contributed by atoms with van der Waals surface area (Å²) in [5.41, 5.74) is 1.83. The molecule has 1 aromatic rings. The Labute approximate surface area is 156 Å². The molecule has 0 saturated carbocycles. The number of amides is 2. The van der Waals surface area contributed by atoms with Crippen molar-refractivity contribution in [2.24, 2.45) is 0 Å². The molecule has 6 nitrogen and oxygen atoms in total. The summed E-state index contributed by atoms with van der Waals surface area (Å²) in [5.74, 6) is -0.457. The van der Waals surface area contributed by atoms with Crippen LogP contribution in [0.25, 0.3) is 0 Å². The van der Waals surface area contributed by atoms with Gasteiger partial charge in [-0.25, -0.2) is 9.59 Å². The zero-order valence-electron chi connectivity index (χ0n) is 14.8. The van der Waals surface area contributed by atoms with Crippen LogP contribution in [0.2, 0.25) is 0 Å². The number of nitrogens with zero attached hydrogens (tertiary/aromatic N) is 1. The number of rotatable bonds is 6. The molecule has 1 atom stereocenters. The lowest BCUT2D eigenvalue weighted by Gasteiger charge is -2.37. The van der Waals surface area contributed by atoms with Gasteiger partial charge < -0.3 is 14.8 Å². The second kappa shape index (κ2) is 8.49. The summed E-state index contributed by atoms with van der Waals surface area (Å²) in [7, 11) is 1.55. The Kier molecular flexibility index (Phi) is 6.61. The molecular formula is C18H23BrN2O4. The number of halogens is 1. The molecule has 0 unspecified atom stereocenters. The molecule has 1 aromatic carbocycles. The summed E-state index contributed by atoms with van der Waals surface area (Å²) in [6.07, 6.45) is 0. The molecule has 7 heteroatoms. The first kappa shape index (κ1) is 19.5. The molecule has 2 amide bonds. The summed E-state index contributed by atoms with van der Waals surface area (Å²) < 4.78 is 11.1. The predicted molar refractivity (Wildman–Crippen MR) is 97.9 cm³/mol. The fourth-order valence-corrected chi connectivity index (χ4v) is 3.40. The first-order valence-electron chi connectivity index (χ1n) is 8.09. The Bertz CT molecular complexity index is 687. The van der Waals surface area contributed by atoms with Crippen molar-refractivity contribution in [2.45, 2.75) is 32.9 Å². The molecule has 1 N–H and O–H groups in total. The fourth-order valence-electron chi connectivity index (χ4n) is 2.88. The second-order valence-electron chi connectivity index (χ2n) is 6.00. The van der Waals surface area contributed by atoms with Gasteiger partial charge in [-0.2, -0.15) is 0 Å². The number of hydrogen-bond acceptors (Lipinski definition) is 4. The van der Waals surface area contributed by atoms with Crippen LogP contribution in [0.5, 0.6) is 0 Å². The first-order chi connectivity index (χ1) is 11.9. The van der Waals surface area contributed by atoms with Crippen LogP contribution in [0.4, 0.5) is 4.79 Å². The number of methoxy groups -OCH3 is 1. The monoisotopic (exact) mass is 410 g/mol. The van der Waals surface area contributed by atoms with Crippen molar-refractivity contribution in [1.29, 1.82) is 0 Å². The van der Waals surface area contributed by atoms with Crippen molar-refractivity contribution >= 4 is 27.9 Å². The average Bonchev–Trinajstić information content (AvgIpc) is 2.54. The highest BCUT2D eigenvalue weighted by atomic mass is 79.9. The summed E-state index contributed by atoms with van der Waals surface area (Å²) in [4.78, 5) is 26.9. The van der Waals surface area contributed by atoms with Gasteiger partial charge in [0.25, 0.3) is 0 Å². The van der Waals surface area contributed by atoms with E-state index in [0.717, 1.165) is 10.0 Å². The minimum atomic E-state index is -0.576. The Morgan fingerprint density at radius 1 is 1.32 bits per heavy atom. The van der Waals surface area contributed by atoms with E-state index in [1.807, 2.05) is 38.1 Å². The van der Waals surface area contributed by atoms with E-state index in [2.05, 4.69) is 21.2 Å². The van der Waals surface area contributed by atoms with Gasteiger partial charge in [-0.1, -0.05) is 34.1 Å². The quantitative estimate of drug-likeness (QED) is 0.576. The third kappa shape index (κ3) is 4.22. The molecule has 2 rings (SSSR count). The lowest BCUT2D eigenvalue weighted by Crippen LogP contribution is -2.50. The molecular weight excluding hydrogens is 388 g/mol. The number of ether oxygens (including phenoxy) is 2. The first-order valence-corrected chi connectivity index (χ1v) is 8.88. The maximum atomic E-state index is 12.7. The molecule has 136 valence electrons. The molecule has 0 fully saturated rings. The second-order valence-corrected chi connectivity index (χ2v) is 6.85. The lowest BCUT2D eigenvalue weighted by atomic mass is 9.94. The number of hydrogen-bond donors (Lipinski definition) is 1. The Morgan fingerprint density at radius 3 is 2.60 bits per heavy atom. The van der Waals surface area contributed by atoms with E-state index in [-0.39, 0.29) is 18.7 Å². The minimum Gasteiger partial charge on any atom is -0.460 e. The number of benzene rings is 1. The van der Waals surface area contributed by atoms with Crippen molar-refractivity contribution in [3.63, 3.8) is 0 Å². The van der Waals surface area contributed by atoms with Crippen molar-refractivity contribution in [3.8, 4) is 0 Å². The van der Waals surface area contributed by atoms with Crippen molar-refractivity contribution < 1.29 is 19.1 Å². The van der Waals surface area contributed by atoms with E-state index in [1.165, 1.54) is 0 Å². The number of carbonyl (C=O) groups excluding carboxylic acids is 2. The third-order valence-corrected chi connectivity index (χ3v) is 4.72. The molecule has 0 saturated heterocycles. The molecule has 0 aliphatic carbocycles. The molecule has 0 bridgehead atoms. The van der Waals surface area contributed by atoms with Crippen LogP contribution < -0.4 is 5.32 Å². The van der Waals surface area contributed by atoms with Gasteiger partial charge in [-0.3, -0.25) is 4.90 Å². The number of urea groups is 1. The normalized spacial score (nSPS) is 17.8. The largest absolute Gasteiger partial charge is 0.460 e. The van der Waals surface area contributed by atoms with Crippen LogP contribution in [0, 0.1) is 0 Å². The Hall–Kier alpha value is -1.86. The van der Waals surface area contributed by atoms with Crippen LogP contribution >= 0.6 is 15.9 Å². The van der Waals surface area contributed by atoms with Crippen LogP contribution in [0.1, 0.15) is 32.4 Å². The molecule has 25 heavy (non-hydrogen) atoms. The van der Waals surface area contributed by atoms with Gasteiger partial charge in [0.15, 0.2) is 0 Å². The van der Waals surface area contributed by atoms with Gasteiger partial charge in [0, 0.05) is 23.3 Å². The predicted octanol–water partition coefficient (Wildman–Crippen LogP) is 3.39. The highest BCUT2D eigenvalue weighted by molar-refractivity contribution is 9.10. The number of carbonyl (C=O) groups is 2. The third-order valence-electron chi connectivity index (χ3n) is 4.00. The standard InChI is InChI=1S/C18H23BrN2O4/c1-11(2)21-12(3)15(17(22)25-10-9-24-4)16(20-18(21)23)13-7-5-6-8-14(13)19/h5-8,11,16H,9-10H2,1-4H3,(H,20,23)/t16-/m0/s1. The van der Waals surface area contributed by atoms with Gasteiger partial charge in [-0.05, 0) is 32.4 Å². The van der Waals surface area contributed by atoms with Gasteiger partial charge in [0.1, 0.15) is 6.61 Å². The van der Waals surface area contributed by atoms with E-state index < -0.39 is 12.0 Å². The maximum Gasteiger partial charge on any atom is 0.338 e. The average molecular weight is 411 g/mol. The Balaban J connectivity index is 2.48.